The molecule has 1 aliphatic rings. The van der Waals surface area contributed by atoms with Crippen molar-refractivity contribution in [1.82, 2.24) is 20.5 Å². The van der Waals surface area contributed by atoms with Crippen LogP contribution in [0.1, 0.15) is 51.6 Å². The molecule has 1 aliphatic carbocycles. The maximum absolute atomic E-state index is 12.7. The van der Waals surface area contributed by atoms with Gasteiger partial charge in [0.1, 0.15) is 17.5 Å². The molecule has 0 bridgehead atoms. The van der Waals surface area contributed by atoms with Crippen molar-refractivity contribution in [2.45, 2.75) is 52.2 Å². The number of halogens is 1. The monoisotopic (exact) mass is 634 g/mol. The summed E-state index contributed by atoms with van der Waals surface area (Å²) in [6.45, 7) is 8.25. The number of alkyl carbamates (subject to hydrolysis) is 1. The molecule has 0 spiro atoms. The molecule has 3 atom stereocenters. The lowest BCUT2D eigenvalue weighted by Gasteiger charge is -2.22. The van der Waals surface area contributed by atoms with Gasteiger partial charge in [-0.15, -0.1) is 10.2 Å². The zero-order chi connectivity index (χ0) is 29.2. The van der Waals surface area contributed by atoms with E-state index in [9.17, 15) is 13.2 Å². The molecule has 4 rings (SSSR count). The third-order valence-electron chi connectivity index (χ3n) is 6.50. The Morgan fingerprint density at radius 2 is 1.93 bits per heavy atom. The normalized spacial score (nSPS) is 17.7. The van der Waals surface area contributed by atoms with Crippen molar-refractivity contribution < 1.29 is 22.4 Å². The molecule has 0 radical (unpaired) electrons. The molecule has 0 saturated heterocycles. The van der Waals surface area contributed by atoms with Crippen LogP contribution < -0.4 is 14.9 Å². The van der Waals surface area contributed by atoms with Gasteiger partial charge in [-0.2, -0.15) is 0 Å². The fourth-order valence-electron chi connectivity index (χ4n) is 4.03. The Morgan fingerprint density at radius 3 is 2.52 bits per heavy atom. The van der Waals surface area contributed by atoms with Crippen LogP contribution >= 0.6 is 15.9 Å². The number of anilines is 2. The van der Waals surface area contributed by atoms with Crippen molar-refractivity contribution in [3.8, 4) is 11.5 Å². The molecule has 11 nitrogen and oxygen atoms in total. The lowest BCUT2D eigenvalue weighted by Crippen LogP contribution is -2.36. The molecule has 2 aromatic heterocycles. The second kappa shape index (κ2) is 11.7. The van der Waals surface area contributed by atoms with Crippen molar-refractivity contribution in [1.29, 1.82) is 0 Å². The molecule has 3 aromatic rings. The van der Waals surface area contributed by atoms with Gasteiger partial charge in [0, 0.05) is 20.0 Å². The van der Waals surface area contributed by atoms with Gasteiger partial charge >= 0.3 is 6.09 Å². The van der Waals surface area contributed by atoms with E-state index < -0.39 is 27.8 Å². The van der Waals surface area contributed by atoms with Crippen molar-refractivity contribution in [2.24, 2.45) is 11.8 Å². The van der Waals surface area contributed by atoms with Crippen LogP contribution in [0.5, 0.6) is 0 Å². The predicted molar refractivity (Wildman–Crippen MR) is 156 cm³/mol. The zero-order valence-electron chi connectivity index (χ0n) is 23.4. The number of sulfonamides is 1. The van der Waals surface area contributed by atoms with Crippen LogP contribution in [-0.4, -0.2) is 55.1 Å². The maximum atomic E-state index is 12.7. The van der Waals surface area contributed by atoms with Crippen LogP contribution in [0, 0.1) is 11.8 Å². The molecular formula is C27H35BrN6O5S. The van der Waals surface area contributed by atoms with E-state index >= 15 is 0 Å². The number of carbonyl (C=O) groups excluding carboxylic acids is 1. The lowest BCUT2D eigenvalue weighted by molar-refractivity contribution is 0.0495. The molecule has 1 saturated carbocycles. The quantitative estimate of drug-likeness (QED) is 0.309. The molecule has 1 aromatic carbocycles. The van der Waals surface area contributed by atoms with Gasteiger partial charge in [-0.05, 0) is 66.6 Å². The number of rotatable bonds is 10. The molecule has 216 valence electrons. The van der Waals surface area contributed by atoms with E-state index in [1.54, 1.807) is 26.8 Å². The first kappa shape index (κ1) is 29.8. The van der Waals surface area contributed by atoms with Gasteiger partial charge in [-0.3, -0.25) is 4.31 Å². The van der Waals surface area contributed by atoms with Crippen LogP contribution in [-0.2, 0) is 21.2 Å². The SMILES string of the molecule is CC1CC1CNc1cc(-c2nnc([C@@H](Cc3ccccc3)NC(=O)OC(C)(C)C)o2)c(Br)c(N(C)S(C)(=O)=O)n1. The average Bonchev–Trinajstić information content (AvgIpc) is 3.35. The second-order valence-corrected chi connectivity index (χ2v) is 13.9. The summed E-state index contributed by atoms with van der Waals surface area (Å²) in [6, 6.07) is 10.7. The number of hydrogen-bond acceptors (Lipinski definition) is 9. The summed E-state index contributed by atoms with van der Waals surface area (Å²) in [5, 5.41) is 14.7. The fraction of sp³-hybridized carbons (Fsp3) is 0.481. The Balaban J connectivity index is 1.69. The standard InChI is InChI=1S/C27H35BrN6O5S/c1-16-12-18(16)15-29-21-14-19(22(28)23(31-21)34(5)40(6,36)37)24-32-33-25(38-24)20(13-17-10-8-7-9-11-17)30-26(35)39-27(2,3)4/h7-11,14,16,18,20H,12-13,15H2,1-6H3,(H,29,31)(H,30,35)/t16?,18?,20-/m1/s1. The van der Waals surface area contributed by atoms with E-state index in [2.05, 4.69) is 48.7 Å². The number of amides is 1. The van der Waals surface area contributed by atoms with E-state index in [1.165, 1.54) is 7.05 Å². The second-order valence-electron chi connectivity index (χ2n) is 11.1. The molecule has 40 heavy (non-hydrogen) atoms. The topological polar surface area (TPSA) is 140 Å². The van der Waals surface area contributed by atoms with Gasteiger partial charge in [0.2, 0.25) is 21.8 Å². The Labute approximate surface area is 243 Å². The third kappa shape index (κ3) is 7.72. The summed E-state index contributed by atoms with van der Waals surface area (Å²) in [6.07, 6.45) is 2.01. The fourth-order valence-corrected chi connectivity index (χ4v) is 5.23. The Morgan fingerprint density at radius 1 is 1.25 bits per heavy atom. The first-order valence-electron chi connectivity index (χ1n) is 13.0. The van der Waals surface area contributed by atoms with Crippen LogP contribution in [0.4, 0.5) is 16.4 Å². The van der Waals surface area contributed by atoms with Crippen molar-refractivity contribution >= 4 is 43.7 Å². The van der Waals surface area contributed by atoms with Gasteiger partial charge < -0.3 is 19.8 Å². The summed E-state index contributed by atoms with van der Waals surface area (Å²) in [4.78, 5) is 17.2. The first-order valence-corrected chi connectivity index (χ1v) is 15.6. The van der Waals surface area contributed by atoms with Crippen LogP contribution in [0.3, 0.4) is 0 Å². The Hall–Kier alpha value is -3.19. The van der Waals surface area contributed by atoms with Crippen LogP contribution in [0.2, 0.25) is 0 Å². The summed E-state index contributed by atoms with van der Waals surface area (Å²) in [5.41, 5.74) is 0.722. The number of aromatic nitrogens is 3. The molecule has 1 fully saturated rings. The molecule has 2 unspecified atom stereocenters. The molecule has 1 amide bonds. The smallest absolute Gasteiger partial charge is 0.408 e. The van der Waals surface area contributed by atoms with Gasteiger partial charge in [-0.25, -0.2) is 18.2 Å². The van der Waals surface area contributed by atoms with Gasteiger partial charge in [-0.1, -0.05) is 37.3 Å². The number of pyridine rings is 1. The van der Waals surface area contributed by atoms with E-state index in [4.69, 9.17) is 9.15 Å². The van der Waals surface area contributed by atoms with Crippen LogP contribution in [0.25, 0.3) is 11.5 Å². The highest BCUT2D eigenvalue weighted by Crippen LogP contribution is 2.40. The summed E-state index contributed by atoms with van der Waals surface area (Å²) < 4.78 is 37.8. The highest BCUT2D eigenvalue weighted by atomic mass is 79.9. The number of hydrogen-bond donors (Lipinski definition) is 2. The van der Waals surface area contributed by atoms with Crippen LogP contribution in [0.15, 0.2) is 45.3 Å². The Kier molecular flexibility index (Phi) is 8.74. The van der Waals surface area contributed by atoms with Crippen molar-refractivity contribution in [3.05, 3.63) is 52.3 Å². The first-order chi connectivity index (χ1) is 18.7. The van der Waals surface area contributed by atoms with Crippen molar-refractivity contribution in [2.75, 3.05) is 29.5 Å². The van der Waals surface area contributed by atoms with Gasteiger partial charge in [0.25, 0.3) is 0 Å². The number of nitrogens with one attached hydrogen (secondary N) is 2. The third-order valence-corrected chi connectivity index (χ3v) is 8.45. The number of benzene rings is 1. The van der Waals surface area contributed by atoms with E-state index in [1.807, 2.05) is 30.3 Å². The molecule has 2 N–H and O–H groups in total. The average molecular weight is 636 g/mol. The summed E-state index contributed by atoms with van der Waals surface area (Å²) in [7, 11) is -2.18. The minimum absolute atomic E-state index is 0.138. The highest BCUT2D eigenvalue weighted by molar-refractivity contribution is 9.10. The molecular weight excluding hydrogens is 600 g/mol. The van der Waals surface area contributed by atoms with Gasteiger partial charge in [0.15, 0.2) is 5.82 Å². The minimum Gasteiger partial charge on any atom is -0.444 e. The minimum atomic E-state index is -3.61. The van der Waals surface area contributed by atoms with E-state index in [-0.39, 0.29) is 17.6 Å². The summed E-state index contributed by atoms with van der Waals surface area (Å²) in [5.74, 6) is 2.15. The van der Waals surface area contributed by atoms with E-state index in [0.717, 1.165) is 22.5 Å². The van der Waals surface area contributed by atoms with Crippen molar-refractivity contribution in [3.63, 3.8) is 0 Å². The maximum Gasteiger partial charge on any atom is 0.408 e. The summed E-state index contributed by atoms with van der Waals surface area (Å²) >= 11 is 3.51. The zero-order valence-corrected chi connectivity index (χ0v) is 25.8. The Bertz CT molecular complexity index is 1460. The van der Waals surface area contributed by atoms with Gasteiger partial charge in [0.05, 0.1) is 16.3 Å². The lowest BCUT2D eigenvalue weighted by atomic mass is 10.1. The number of carbonyl (C=O) groups is 1. The highest BCUT2D eigenvalue weighted by Gasteiger charge is 2.32. The molecule has 13 heteroatoms. The van der Waals surface area contributed by atoms with E-state index in [0.29, 0.717) is 40.7 Å². The largest absolute Gasteiger partial charge is 0.444 e. The number of nitrogens with zero attached hydrogens (tertiary/aromatic N) is 4. The molecule has 0 aliphatic heterocycles. The predicted octanol–water partition coefficient (Wildman–Crippen LogP) is 5.17. The number of ether oxygens (including phenoxy) is 1. The molecule has 2 heterocycles.